The standard InChI is InChI=1S/C23H20Cl3IN2O2/c1-2-30-22-11-16(12-28-29-13-18-19(24)4-3-5-20(18)25)10-21(26)23(22)31-14-15-6-8-17(27)9-7-15/h3-12,29H,2,13-14H2,1H3/b28-12-. The molecule has 0 atom stereocenters. The summed E-state index contributed by atoms with van der Waals surface area (Å²) in [5.74, 6) is 1.08. The second-order valence-electron chi connectivity index (χ2n) is 6.47. The molecule has 0 bridgehead atoms. The van der Waals surface area contributed by atoms with Gasteiger partial charge in [-0.3, -0.25) is 0 Å². The molecule has 0 heterocycles. The van der Waals surface area contributed by atoms with Crippen molar-refractivity contribution in [1.29, 1.82) is 0 Å². The van der Waals surface area contributed by atoms with Crippen LogP contribution in [-0.4, -0.2) is 12.8 Å². The van der Waals surface area contributed by atoms with Gasteiger partial charge in [0.05, 0.1) is 24.4 Å². The summed E-state index contributed by atoms with van der Waals surface area (Å²) in [4.78, 5) is 0. The highest BCUT2D eigenvalue weighted by Crippen LogP contribution is 2.37. The molecule has 1 N–H and O–H groups in total. The lowest BCUT2D eigenvalue weighted by Gasteiger charge is -2.14. The first-order valence-corrected chi connectivity index (χ1v) is 11.7. The highest BCUT2D eigenvalue weighted by atomic mass is 127. The molecule has 162 valence electrons. The SMILES string of the molecule is CCOc1cc(/C=N\NCc2c(Cl)cccc2Cl)cc(Cl)c1OCc1ccc(I)cc1. The van der Waals surface area contributed by atoms with Crippen LogP contribution in [0, 0.1) is 3.57 Å². The van der Waals surface area contributed by atoms with E-state index < -0.39 is 0 Å². The number of nitrogens with one attached hydrogen (secondary N) is 1. The second kappa shape index (κ2) is 11.8. The Hall–Kier alpha value is -1.67. The van der Waals surface area contributed by atoms with Gasteiger partial charge in [0.1, 0.15) is 6.61 Å². The third kappa shape index (κ3) is 6.91. The van der Waals surface area contributed by atoms with E-state index in [4.69, 9.17) is 44.3 Å². The molecule has 0 amide bonds. The lowest BCUT2D eigenvalue weighted by atomic mass is 10.2. The van der Waals surface area contributed by atoms with Crippen LogP contribution in [0.5, 0.6) is 11.5 Å². The van der Waals surface area contributed by atoms with Crippen molar-refractivity contribution < 1.29 is 9.47 Å². The average Bonchev–Trinajstić information content (AvgIpc) is 2.74. The molecule has 0 aromatic heterocycles. The Bertz CT molecular complexity index is 1040. The third-order valence-corrected chi connectivity index (χ3v) is 5.96. The van der Waals surface area contributed by atoms with Gasteiger partial charge in [-0.1, -0.05) is 53.0 Å². The molecule has 4 nitrogen and oxygen atoms in total. The number of benzene rings is 3. The minimum atomic E-state index is 0.393. The van der Waals surface area contributed by atoms with Crippen LogP contribution in [0.2, 0.25) is 15.1 Å². The van der Waals surface area contributed by atoms with Crippen molar-refractivity contribution in [2.45, 2.75) is 20.1 Å². The van der Waals surface area contributed by atoms with Gasteiger partial charge in [0.15, 0.2) is 11.5 Å². The van der Waals surface area contributed by atoms with E-state index in [-0.39, 0.29) is 0 Å². The summed E-state index contributed by atoms with van der Waals surface area (Å²) < 4.78 is 12.9. The Morgan fingerprint density at radius 3 is 2.35 bits per heavy atom. The summed E-state index contributed by atoms with van der Waals surface area (Å²) in [5.41, 5.74) is 5.56. The second-order valence-corrected chi connectivity index (χ2v) is 8.94. The molecule has 0 fully saturated rings. The molecule has 0 unspecified atom stereocenters. The van der Waals surface area contributed by atoms with Gasteiger partial charge < -0.3 is 14.9 Å². The summed E-state index contributed by atoms with van der Waals surface area (Å²) in [6, 6.07) is 17.1. The molecule has 31 heavy (non-hydrogen) atoms. The van der Waals surface area contributed by atoms with Gasteiger partial charge in [-0.15, -0.1) is 0 Å². The van der Waals surface area contributed by atoms with Gasteiger partial charge in [0.2, 0.25) is 0 Å². The van der Waals surface area contributed by atoms with Crippen LogP contribution in [0.25, 0.3) is 0 Å². The average molecular weight is 590 g/mol. The zero-order valence-electron chi connectivity index (χ0n) is 16.7. The van der Waals surface area contributed by atoms with Crippen molar-refractivity contribution in [1.82, 2.24) is 5.43 Å². The van der Waals surface area contributed by atoms with Crippen molar-refractivity contribution in [2.24, 2.45) is 5.10 Å². The molecule has 3 rings (SSSR count). The highest BCUT2D eigenvalue weighted by molar-refractivity contribution is 14.1. The molecule has 0 aliphatic carbocycles. The van der Waals surface area contributed by atoms with Crippen LogP contribution in [0.3, 0.4) is 0 Å². The molecule has 3 aromatic rings. The molecular formula is C23H20Cl3IN2O2. The normalized spacial score (nSPS) is 11.0. The van der Waals surface area contributed by atoms with Crippen molar-refractivity contribution in [3.63, 3.8) is 0 Å². The van der Waals surface area contributed by atoms with Gasteiger partial charge >= 0.3 is 0 Å². The topological polar surface area (TPSA) is 42.8 Å². The van der Waals surface area contributed by atoms with E-state index in [1.807, 2.05) is 37.3 Å². The molecule has 0 aliphatic rings. The van der Waals surface area contributed by atoms with Crippen LogP contribution in [-0.2, 0) is 13.2 Å². The van der Waals surface area contributed by atoms with E-state index in [2.05, 4.69) is 33.1 Å². The molecule has 8 heteroatoms. The number of hydrogen-bond donors (Lipinski definition) is 1. The van der Waals surface area contributed by atoms with Gasteiger partial charge in [-0.25, -0.2) is 0 Å². The third-order valence-electron chi connectivity index (χ3n) is 4.25. The van der Waals surface area contributed by atoms with E-state index in [1.165, 1.54) is 3.57 Å². The van der Waals surface area contributed by atoms with Crippen molar-refractivity contribution >= 4 is 63.6 Å². The number of rotatable bonds is 9. The Balaban J connectivity index is 1.70. The predicted molar refractivity (Wildman–Crippen MR) is 137 cm³/mol. The summed E-state index contributed by atoms with van der Waals surface area (Å²) in [6.45, 7) is 3.19. The Morgan fingerprint density at radius 1 is 0.968 bits per heavy atom. The fraction of sp³-hybridized carbons (Fsp3) is 0.174. The quantitative estimate of drug-likeness (QED) is 0.161. The van der Waals surface area contributed by atoms with Crippen LogP contribution in [0.15, 0.2) is 59.7 Å². The first-order chi connectivity index (χ1) is 15.0. The van der Waals surface area contributed by atoms with Gasteiger partial charge in [-0.2, -0.15) is 5.10 Å². The largest absolute Gasteiger partial charge is 0.490 e. The number of nitrogens with zero attached hydrogens (tertiary/aromatic N) is 1. The number of halogens is 4. The predicted octanol–water partition coefficient (Wildman–Crippen LogP) is 7.35. The van der Waals surface area contributed by atoms with E-state index in [0.29, 0.717) is 46.3 Å². The number of hydrogen-bond acceptors (Lipinski definition) is 4. The number of hydrazone groups is 1. The van der Waals surface area contributed by atoms with Crippen LogP contribution >= 0.6 is 57.4 Å². The summed E-state index contributed by atoms with van der Waals surface area (Å²) in [7, 11) is 0. The molecule has 0 saturated carbocycles. The van der Waals surface area contributed by atoms with Gasteiger partial charge in [0.25, 0.3) is 0 Å². The van der Waals surface area contributed by atoms with Crippen LogP contribution in [0.1, 0.15) is 23.6 Å². The van der Waals surface area contributed by atoms with Crippen molar-refractivity contribution in [3.05, 3.63) is 89.9 Å². The van der Waals surface area contributed by atoms with Crippen LogP contribution in [0.4, 0.5) is 0 Å². The minimum Gasteiger partial charge on any atom is -0.490 e. The molecule has 0 saturated heterocycles. The zero-order valence-corrected chi connectivity index (χ0v) is 21.1. The van der Waals surface area contributed by atoms with Gasteiger partial charge in [-0.05, 0) is 77.0 Å². The minimum absolute atomic E-state index is 0.393. The fourth-order valence-corrected chi connectivity index (χ4v) is 3.91. The summed E-state index contributed by atoms with van der Waals surface area (Å²) in [5, 5.41) is 5.87. The molecule has 0 radical (unpaired) electrons. The molecule has 3 aromatic carbocycles. The summed E-state index contributed by atoms with van der Waals surface area (Å²) in [6.07, 6.45) is 1.65. The Kier molecular flexibility index (Phi) is 9.14. The maximum Gasteiger partial charge on any atom is 0.180 e. The highest BCUT2D eigenvalue weighted by Gasteiger charge is 2.13. The smallest absolute Gasteiger partial charge is 0.180 e. The van der Waals surface area contributed by atoms with Crippen molar-refractivity contribution in [3.8, 4) is 11.5 Å². The molecule has 0 spiro atoms. The first-order valence-electron chi connectivity index (χ1n) is 9.50. The zero-order chi connectivity index (χ0) is 22.2. The number of ether oxygens (including phenoxy) is 2. The first kappa shape index (κ1) is 24.0. The lowest BCUT2D eigenvalue weighted by molar-refractivity contribution is 0.269. The van der Waals surface area contributed by atoms with Gasteiger partial charge in [0, 0.05) is 19.2 Å². The van der Waals surface area contributed by atoms with E-state index in [9.17, 15) is 0 Å². The Morgan fingerprint density at radius 2 is 1.68 bits per heavy atom. The van der Waals surface area contributed by atoms with Crippen molar-refractivity contribution in [2.75, 3.05) is 6.61 Å². The van der Waals surface area contributed by atoms with E-state index in [0.717, 1.165) is 16.7 Å². The summed E-state index contributed by atoms with van der Waals surface area (Å²) >= 11 is 21.1. The Labute approximate surface area is 210 Å². The van der Waals surface area contributed by atoms with Crippen LogP contribution < -0.4 is 14.9 Å². The monoisotopic (exact) mass is 588 g/mol. The van der Waals surface area contributed by atoms with E-state index in [1.54, 1.807) is 30.5 Å². The van der Waals surface area contributed by atoms with E-state index >= 15 is 0 Å². The molecular weight excluding hydrogens is 570 g/mol. The fourth-order valence-electron chi connectivity index (χ4n) is 2.75. The maximum atomic E-state index is 6.49. The maximum absolute atomic E-state index is 6.49. The lowest BCUT2D eigenvalue weighted by Crippen LogP contribution is -2.07. The molecule has 0 aliphatic heterocycles.